The third-order valence-electron chi connectivity index (χ3n) is 3.20. The molecular formula is C18H18N2+2. The molecule has 0 aliphatic rings. The molecule has 0 unspecified atom stereocenters. The lowest BCUT2D eigenvalue weighted by molar-refractivity contribution is -0.483. The number of hydrogen-bond donors (Lipinski definition) is 2. The van der Waals surface area contributed by atoms with Crippen molar-refractivity contribution in [1.29, 1.82) is 0 Å². The molecule has 3 aromatic rings. The summed E-state index contributed by atoms with van der Waals surface area (Å²) in [5, 5.41) is 4.37. The standard InChI is InChI=1S/C18H16N2/c1-3-7-15(8-4-1)19-17-11-13-18(14-12-17)20-16-9-5-2-6-10-16/h1-14,19-20H/p+2. The predicted octanol–water partition coefficient (Wildman–Crippen LogP) is 2.74. The predicted molar refractivity (Wildman–Crippen MR) is 81.8 cm³/mol. The average Bonchev–Trinajstić information content (AvgIpc) is 2.51. The summed E-state index contributed by atoms with van der Waals surface area (Å²) in [6.45, 7) is 0. The molecule has 0 aliphatic carbocycles. The largest absolute Gasteiger partial charge is 0.282 e. The first-order valence-electron chi connectivity index (χ1n) is 6.80. The third kappa shape index (κ3) is 3.32. The fraction of sp³-hybridized carbons (Fsp3) is 0. The molecule has 3 rings (SSSR count). The normalized spacial score (nSPS) is 10.4. The van der Waals surface area contributed by atoms with E-state index in [0.717, 1.165) is 0 Å². The molecule has 0 saturated heterocycles. The lowest BCUT2D eigenvalue weighted by atomic mass is 10.2. The van der Waals surface area contributed by atoms with Gasteiger partial charge in [-0.05, 0) is 24.3 Å². The Morgan fingerprint density at radius 2 is 0.650 bits per heavy atom. The van der Waals surface area contributed by atoms with Gasteiger partial charge in [-0.1, -0.05) is 36.4 Å². The second kappa shape index (κ2) is 6.15. The minimum absolute atomic E-state index is 1.22. The molecular weight excluding hydrogens is 244 g/mol. The molecule has 0 aliphatic heterocycles. The lowest BCUT2D eigenvalue weighted by Crippen LogP contribution is -2.72. The molecule has 0 fully saturated rings. The second-order valence-corrected chi connectivity index (χ2v) is 4.78. The van der Waals surface area contributed by atoms with Crippen LogP contribution in [0.25, 0.3) is 0 Å². The highest BCUT2D eigenvalue weighted by molar-refractivity contribution is 5.43. The summed E-state index contributed by atoms with van der Waals surface area (Å²) >= 11 is 0. The Kier molecular flexibility index (Phi) is 3.88. The van der Waals surface area contributed by atoms with Crippen molar-refractivity contribution in [2.75, 3.05) is 0 Å². The van der Waals surface area contributed by atoms with Gasteiger partial charge in [0.05, 0.1) is 0 Å². The van der Waals surface area contributed by atoms with Gasteiger partial charge >= 0.3 is 0 Å². The Hall–Kier alpha value is -2.42. The van der Waals surface area contributed by atoms with Crippen LogP contribution in [0.1, 0.15) is 0 Å². The van der Waals surface area contributed by atoms with Crippen LogP contribution in [0, 0.1) is 0 Å². The maximum atomic E-state index is 2.19. The van der Waals surface area contributed by atoms with Gasteiger partial charge in [0.15, 0.2) is 0 Å². The highest BCUT2D eigenvalue weighted by Crippen LogP contribution is 2.09. The van der Waals surface area contributed by atoms with E-state index in [1.807, 2.05) is 12.1 Å². The number of benzene rings is 3. The zero-order valence-corrected chi connectivity index (χ0v) is 11.2. The number of quaternary nitrogens is 2. The summed E-state index contributed by atoms with van der Waals surface area (Å²) in [6.07, 6.45) is 0. The van der Waals surface area contributed by atoms with Gasteiger partial charge in [-0.3, -0.25) is 10.6 Å². The van der Waals surface area contributed by atoms with Gasteiger partial charge < -0.3 is 0 Å². The molecule has 20 heavy (non-hydrogen) atoms. The minimum atomic E-state index is 1.22. The minimum Gasteiger partial charge on any atom is -0.282 e. The van der Waals surface area contributed by atoms with E-state index in [-0.39, 0.29) is 0 Å². The molecule has 0 amide bonds. The Labute approximate surface area is 119 Å². The number of rotatable bonds is 4. The first-order chi connectivity index (χ1) is 9.90. The molecule has 0 heterocycles. The monoisotopic (exact) mass is 262 g/mol. The molecule has 0 radical (unpaired) electrons. The van der Waals surface area contributed by atoms with Crippen molar-refractivity contribution in [3.05, 3.63) is 84.9 Å². The molecule has 0 saturated carbocycles. The quantitative estimate of drug-likeness (QED) is 0.678. The Morgan fingerprint density at radius 3 is 1.00 bits per heavy atom. The van der Waals surface area contributed by atoms with Crippen LogP contribution in [0.4, 0.5) is 22.7 Å². The van der Waals surface area contributed by atoms with Gasteiger partial charge in [0.25, 0.3) is 0 Å². The van der Waals surface area contributed by atoms with Crippen molar-refractivity contribution in [2.24, 2.45) is 0 Å². The van der Waals surface area contributed by atoms with Crippen LogP contribution in [0.15, 0.2) is 84.9 Å². The summed E-state index contributed by atoms with van der Waals surface area (Å²) in [6, 6.07) is 29.4. The number of nitrogens with two attached hydrogens (primary N) is 2. The summed E-state index contributed by atoms with van der Waals surface area (Å²) in [5.41, 5.74) is 4.91. The van der Waals surface area contributed by atoms with E-state index >= 15 is 0 Å². The van der Waals surface area contributed by atoms with E-state index in [2.05, 4.69) is 83.4 Å². The molecule has 0 atom stereocenters. The average molecular weight is 262 g/mol. The highest BCUT2D eigenvalue weighted by atomic mass is 14.9. The summed E-state index contributed by atoms with van der Waals surface area (Å²) < 4.78 is 0. The second-order valence-electron chi connectivity index (χ2n) is 4.78. The van der Waals surface area contributed by atoms with Crippen LogP contribution in [0.2, 0.25) is 0 Å². The van der Waals surface area contributed by atoms with Crippen LogP contribution in [0.3, 0.4) is 0 Å². The first kappa shape index (κ1) is 12.6. The third-order valence-corrected chi connectivity index (χ3v) is 3.20. The molecule has 2 nitrogen and oxygen atoms in total. The topological polar surface area (TPSA) is 33.2 Å². The van der Waals surface area contributed by atoms with E-state index in [1.54, 1.807) is 0 Å². The van der Waals surface area contributed by atoms with Crippen LogP contribution >= 0.6 is 0 Å². The maximum Gasteiger partial charge on any atom is 0.135 e. The van der Waals surface area contributed by atoms with E-state index < -0.39 is 0 Å². The van der Waals surface area contributed by atoms with E-state index in [4.69, 9.17) is 0 Å². The lowest BCUT2D eigenvalue weighted by Gasteiger charge is -2.02. The van der Waals surface area contributed by atoms with Gasteiger partial charge in [-0.25, -0.2) is 0 Å². The van der Waals surface area contributed by atoms with Crippen molar-refractivity contribution in [3.8, 4) is 0 Å². The molecule has 0 bridgehead atoms. The summed E-state index contributed by atoms with van der Waals surface area (Å²) in [5.74, 6) is 0. The molecule has 4 N–H and O–H groups in total. The maximum absolute atomic E-state index is 2.19. The van der Waals surface area contributed by atoms with Gasteiger partial charge in [0, 0.05) is 24.3 Å². The van der Waals surface area contributed by atoms with Crippen LogP contribution < -0.4 is 10.6 Å². The van der Waals surface area contributed by atoms with E-state index in [1.165, 1.54) is 22.7 Å². The Bertz CT molecular complexity index is 586. The van der Waals surface area contributed by atoms with Crippen LogP contribution in [0.5, 0.6) is 0 Å². The van der Waals surface area contributed by atoms with Crippen molar-refractivity contribution >= 4 is 22.7 Å². The molecule has 2 heteroatoms. The van der Waals surface area contributed by atoms with E-state index in [9.17, 15) is 0 Å². The summed E-state index contributed by atoms with van der Waals surface area (Å²) in [4.78, 5) is 0. The first-order valence-corrected chi connectivity index (χ1v) is 6.80. The number of para-hydroxylation sites is 2. The van der Waals surface area contributed by atoms with Crippen molar-refractivity contribution in [2.45, 2.75) is 0 Å². The molecule has 0 aromatic heterocycles. The molecule has 3 aromatic carbocycles. The SMILES string of the molecule is c1ccc([NH2+]c2ccc([NH2+]c3ccccc3)cc2)cc1. The van der Waals surface area contributed by atoms with Gasteiger partial charge in [-0.15, -0.1) is 0 Å². The number of hydrogen-bond acceptors (Lipinski definition) is 0. The zero-order valence-electron chi connectivity index (χ0n) is 11.2. The van der Waals surface area contributed by atoms with Gasteiger partial charge in [0.1, 0.15) is 22.7 Å². The zero-order chi connectivity index (χ0) is 13.6. The van der Waals surface area contributed by atoms with Crippen LogP contribution in [-0.4, -0.2) is 0 Å². The van der Waals surface area contributed by atoms with Gasteiger partial charge in [0.2, 0.25) is 0 Å². The Morgan fingerprint density at radius 1 is 0.350 bits per heavy atom. The van der Waals surface area contributed by atoms with Crippen molar-refractivity contribution in [1.82, 2.24) is 0 Å². The molecule has 98 valence electrons. The van der Waals surface area contributed by atoms with Crippen molar-refractivity contribution in [3.63, 3.8) is 0 Å². The van der Waals surface area contributed by atoms with Crippen LogP contribution in [-0.2, 0) is 0 Å². The summed E-state index contributed by atoms with van der Waals surface area (Å²) in [7, 11) is 0. The van der Waals surface area contributed by atoms with Crippen molar-refractivity contribution < 1.29 is 10.6 Å². The fourth-order valence-electron chi connectivity index (χ4n) is 2.17. The van der Waals surface area contributed by atoms with Gasteiger partial charge in [-0.2, -0.15) is 0 Å². The fourth-order valence-corrected chi connectivity index (χ4v) is 2.17. The Balaban J connectivity index is 1.69. The van der Waals surface area contributed by atoms with E-state index in [0.29, 0.717) is 0 Å². The molecule has 0 spiro atoms. The smallest absolute Gasteiger partial charge is 0.135 e. The highest BCUT2D eigenvalue weighted by Gasteiger charge is 2.03.